The van der Waals surface area contributed by atoms with Crippen molar-refractivity contribution in [2.45, 2.75) is 18.0 Å². The van der Waals surface area contributed by atoms with E-state index in [0.717, 1.165) is 22.4 Å². The Bertz CT molecular complexity index is 648. The number of hydrogen-bond donors (Lipinski definition) is 1. The van der Waals surface area contributed by atoms with Crippen molar-refractivity contribution in [2.24, 2.45) is 0 Å². The standard InChI is InChI=1S/C13H14BrNO2S2/c1-19(16,17)12-5-2-10(3-6-12)8-15-9-11-4-7-13(14)18-11/h2-7,15H,8-9H2,1H3. The molecule has 2 aromatic rings. The van der Waals surface area contributed by atoms with Crippen LogP contribution in [0.15, 0.2) is 45.1 Å². The highest BCUT2D eigenvalue weighted by Crippen LogP contribution is 2.21. The fourth-order valence-electron chi connectivity index (χ4n) is 1.63. The molecule has 0 unspecified atom stereocenters. The Labute approximate surface area is 125 Å². The van der Waals surface area contributed by atoms with Crippen LogP contribution in [0.5, 0.6) is 0 Å². The van der Waals surface area contributed by atoms with E-state index in [2.05, 4.69) is 27.3 Å². The maximum Gasteiger partial charge on any atom is 0.175 e. The van der Waals surface area contributed by atoms with Gasteiger partial charge < -0.3 is 5.32 Å². The Balaban J connectivity index is 1.90. The zero-order valence-electron chi connectivity index (χ0n) is 10.4. The average molecular weight is 360 g/mol. The summed E-state index contributed by atoms with van der Waals surface area (Å²) < 4.78 is 23.8. The summed E-state index contributed by atoms with van der Waals surface area (Å²) >= 11 is 5.13. The molecule has 0 amide bonds. The number of nitrogens with one attached hydrogen (secondary N) is 1. The molecule has 0 spiro atoms. The molecule has 19 heavy (non-hydrogen) atoms. The van der Waals surface area contributed by atoms with Crippen molar-refractivity contribution >= 4 is 37.1 Å². The number of rotatable bonds is 5. The van der Waals surface area contributed by atoms with Crippen LogP contribution in [0.3, 0.4) is 0 Å². The number of hydrogen-bond acceptors (Lipinski definition) is 4. The zero-order valence-corrected chi connectivity index (χ0v) is 13.6. The van der Waals surface area contributed by atoms with Gasteiger partial charge in [0.2, 0.25) is 0 Å². The highest BCUT2D eigenvalue weighted by molar-refractivity contribution is 9.11. The summed E-state index contributed by atoms with van der Waals surface area (Å²) in [5, 5.41) is 3.33. The molecular weight excluding hydrogens is 346 g/mol. The van der Waals surface area contributed by atoms with Gasteiger partial charge in [0, 0.05) is 24.2 Å². The molecule has 1 heterocycles. The molecule has 0 fully saturated rings. The lowest BCUT2D eigenvalue weighted by Gasteiger charge is -2.04. The van der Waals surface area contributed by atoms with E-state index in [9.17, 15) is 8.42 Å². The molecule has 0 saturated carbocycles. The first-order valence-corrected chi connectivity index (χ1v) is 9.19. The largest absolute Gasteiger partial charge is 0.308 e. The van der Waals surface area contributed by atoms with Gasteiger partial charge in [-0.25, -0.2) is 8.42 Å². The minimum absolute atomic E-state index is 0.360. The molecule has 2 rings (SSSR count). The van der Waals surface area contributed by atoms with Crippen LogP contribution in [0.4, 0.5) is 0 Å². The van der Waals surface area contributed by atoms with Gasteiger partial charge in [0.05, 0.1) is 8.68 Å². The molecule has 0 radical (unpaired) electrons. The van der Waals surface area contributed by atoms with Gasteiger partial charge in [-0.15, -0.1) is 11.3 Å². The van der Waals surface area contributed by atoms with Crippen molar-refractivity contribution in [3.63, 3.8) is 0 Å². The quantitative estimate of drug-likeness (QED) is 0.891. The molecule has 0 aliphatic rings. The first-order valence-electron chi connectivity index (χ1n) is 5.69. The lowest BCUT2D eigenvalue weighted by molar-refractivity contribution is 0.602. The maximum atomic E-state index is 11.3. The van der Waals surface area contributed by atoms with E-state index >= 15 is 0 Å². The molecule has 102 valence electrons. The molecule has 0 saturated heterocycles. The number of thiophene rings is 1. The third-order valence-corrected chi connectivity index (χ3v) is 5.36. The summed E-state index contributed by atoms with van der Waals surface area (Å²) in [7, 11) is -3.10. The Morgan fingerprint density at radius 2 is 1.79 bits per heavy atom. The molecule has 0 aliphatic heterocycles. The average Bonchev–Trinajstić information content (AvgIpc) is 2.75. The molecule has 1 aromatic carbocycles. The highest BCUT2D eigenvalue weighted by Gasteiger charge is 2.05. The fraction of sp³-hybridized carbons (Fsp3) is 0.231. The molecule has 1 N–H and O–H groups in total. The monoisotopic (exact) mass is 359 g/mol. The topological polar surface area (TPSA) is 46.2 Å². The van der Waals surface area contributed by atoms with Crippen LogP contribution in [0, 0.1) is 0 Å². The fourth-order valence-corrected chi connectivity index (χ4v) is 3.71. The molecule has 0 atom stereocenters. The van der Waals surface area contributed by atoms with Gasteiger partial charge in [0.15, 0.2) is 9.84 Å². The van der Waals surface area contributed by atoms with Crippen LogP contribution >= 0.6 is 27.3 Å². The summed E-state index contributed by atoms with van der Waals surface area (Å²) in [6, 6.07) is 11.1. The summed E-state index contributed by atoms with van der Waals surface area (Å²) in [4.78, 5) is 1.62. The van der Waals surface area contributed by atoms with E-state index in [1.165, 1.54) is 11.1 Å². The molecular formula is C13H14BrNO2S2. The van der Waals surface area contributed by atoms with Crippen molar-refractivity contribution in [3.8, 4) is 0 Å². The van der Waals surface area contributed by atoms with E-state index in [-0.39, 0.29) is 0 Å². The van der Waals surface area contributed by atoms with Crippen molar-refractivity contribution in [1.82, 2.24) is 5.32 Å². The number of sulfone groups is 1. The second-order valence-corrected chi connectivity index (χ2v) is 8.79. The van der Waals surface area contributed by atoms with Crippen molar-refractivity contribution in [1.29, 1.82) is 0 Å². The smallest absolute Gasteiger partial charge is 0.175 e. The summed E-state index contributed by atoms with van der Waals surface area (Å²) in [6.07, 6.45) is 1.22. The SMILES string of the molecule is CS(=O)(=O)c1ccc(CNCc2ccc(Br)s2)cc1. The van der Waals surface area contributed by atoms with Gasteiger partial charge in [-0.2, -0.15) is 0 Å². The molecule has 6 heteroatoms. The first kappa shape index (κ1) is 14.7. The van der Waals surface area contributed by atoms with E-state index in [4.69, 9.17) is 0 Å². The van der Waals surface area contributed by atoms with Gasteiger partial charge in [0.1, 0.15) is 0 Å². The number of benzene rings is 1. The number of halogens is 1. The second kappa shape index (κ2) is 6.17. The Kier molecular flexibility index (Phi) is 4.78. The Morgan fingerprint density at radius 3 is 2.32 bits per heavy atom. The summed E-state index contributed by atoms with van der Waals surface area (Å²) in [5.74, 6) is 0. The predicted molar refractivity (Wildman–Crippen MR) is 82.1 cm³/mol. The van der Waals surface area contributed by atoms with E-state index in [1.807, 2.05) is 18.2 Å². The second-order valence-electron chi connectivity index (χ2n) is 4.23. The maximum absolute atomic E-state index is 11.3. The van der Waals surface area contributed by atoms with Crippen LogP contribution in [0.25, 0.3) is 0 Å². The van der Waals surface area contributed by atoms with Crippen molar-refractivity contribution in [2.75, 3.05) is 6.26 Å². The van der Waals surface area contributed by atoms with Gasteiger partial charge in [-0.1, -0.05) is 12.1 Å². The third-order valence-electron chi connectivity index (χ3n) is 2.61. The minimum atomic E-state index is -3.10. The van der Waals surface area contributed by atoms with Gasteiger partial charge in [-0.3, -0.25) is 0 Å². The van der Waals surface area contributed by atoms with Crippen LogP contribution < -0.4 is 5.32 Å². The summed E-state index contributed by atoms with van der Waals surface area (Å²) in [6.45, 7) is 1.53. The first-order chi connectivity index (χ1) is 8.95. The molecule has 1 aromatic heterocycles. The van der Waals surface area contributed by atoms with Gasteiger partial charge in [-0.05, 0) is 45.8 Å². The predicted octanol–water partition coefficient (Wildman–Crippen LogP) is 3.20. The lowest BCUT2D eigenvalue weighted by Crippen LogP contribution is -2.11. The molecule has 0 aliphatic carbocycles. The molecule has 3 nitrogen and oxygen atoms in total. The molecule has 0 bridgehead atoms. The van der Waals surface area contributed by atoms with Crippen LogP contribution in [-0.4, -0.2) is 14.7 Å². The minimum Gasteiger partial charge on any atom is -0.308 e. The van der Waals surface area contributed by atoms with Gasteiger partial charge >= 0.3 is 0 Å². The van der Waals surface area contributed by atoms with Crippen LogP contribution in [0.2, 0.25) is 0 Å². The van der Waals surface area contributed by atoms with Crippen molar-refractivity contribution in [3.05, 3.63) is 50.6 Å². The van der Waals surface area contributed by atoms with E-state index in [0.29, 0.717) is 4.90 Å². The Hall–Kier alpha value is -0.690. The zero-order chi connectivity index (χ0) is 13.9. The highest BCUT2D eigenvalue weighted by atomic mass is 79.9. The summed E-state index contributed by atoms with van der Waals surface area (Å²) in [5.41, 5.74) is 1.07. The lowest BCUT2D eigenvalue weighted by atomic mass is 10.2. The van der Waals surface area contributed by atoms with E-state index < -0.39 is 9.84 Å². The Morgan fingerprint density at radius 1 is 1.11 bits per heavy atom. The van der Waals surface area contributed by atoms with Crippen LogP contribution in [-0.2, 0) is 22.9 Å². The van der Waals surface area contributed by atoms with Crippen LogP contribution in [0.1, 0.15) is 10.4 Å². The third kappa shape index (κ3) is 4.42. The van der Waals surface area contributed by atoms with Gasteiger partial charge in [0.25, 0.3) is 0 Å². The van der Waals surface area contributed by atoms with E-state index in [1.54, 1.807) is 23.5 Å². The normalized spacial score (nSPS) is 11.7. The van der Waals surface area contributed by atoms with Crippen molar-refractivity contribution < 1.29 is 8.42 Å².